The average molecular weight is 290 g/mol. The SMILES string of the molecule is CCN(C(=O)COc1ccc(C/C(C)=N/O)cc1)C1CC1. The van der Waals surface area contributed by atoms with Gasteiger partial charge in [-0.3, -0.25) is 4.79 Å². The van der Waals surface area contributed by atoms with E-state index in [4.69, 9.17) is 9.94 Å². The lowest BCUT2D eigenvalue weighted by atomic mass is 10.1. The third-order valence-electron chi connectivity index (χ3n) is 3.57. The van der Waals surface area contributed by atoms with Crippen LogP contribution in [0.5, 0.6) is 5.75 Å². The van der Waals surface area contributed by atoms with Crippen LogP contribution in [0, 0.1) is 0 Å². The number of ether oxygens (including phenoxy) is 1. The second kappa shape index (κ2) is 7.11. The summed E-state index contributed by atoms with van der Waals surface area (Å²) >= 11 is 0. The average Bonchev–Trinajstić information content (AvgIpc) is 3.32. The van der Waals surface area contributed by atoms with Gasteiger partial charge in [0.2, 0.25) is 0 Å². The van der Waals surface area contributed by atoms with E-state index in [1.807, 2.05) is 36.1 Å². The molecule has 5 heteroatoms. The zero-order valence-corrected chi connectivity index (χ0v) is 12.6. The highest BCUT2D eigenvalue weighted by Gasteiger charge is 2.31. The first-order chi connectivity index (χ1) is 10.1. The van der Waals surface area contributed by atoms with Crippen molar-refractivity contribution in [3.05, 3.63) is 29.8 Å². The Bertz CT molecular complexity index is 507. The second-order valence-corrected chi connectivity index (χ2v) is 5.36. The van der Waals surface area contributed by atoms with E-state index < -0.39 is 0 Å². The molecule has 1 amide bonds. The highest BCUT2D eigenvalue weighted by molar-refractivity contribution is 5.83. The van der Waals surface area contributed by atoms with Crippen molar-refractivity contribution in [2.45, 2.75) is 39.2 Å². The van der Waals surface area contributed by atoms with Crippen LogP contribution in [-0.4, -0.2) is 40.9 Å². The first-order valence-electron chi connectivity index (χ1n) is 7.32. The molecule has 0 bridgehead atoms. The Morgan fingerprint density at radius 3 is 2.57 bits per heavy atom. The predicted molar refractivity (Wildman–Crippen MR) is 80.9 cm³/mol. The number of nitrogens with zero attached hydrogens (tertiary/aromatic N) is 2. The summed E-state index contributed by atoms with van der Waals surface area (Å²) < 4.78 is 5.54. The Labute approximate surface area is 125 Å². The minimum Gasteiger partial charge on any atom is -0.484 e. The molecule has 0 saturated heterocycles. The number of carbonyl (C=O) groups is 1. The van der Waals surface area contributed by atoms with Gasteiger partial charge in [-0.2, -0.15) is 0 Å². The van der Waals surface area contributed by atoms with E-state index in [-0.39, 0.29) is 12.5 Å². The van der Waals surface area contributed by atoms with Crippen molar-refractivity contribution in [2.24, 2.45) is 5.16 Å². The van der Waals surface area contributed by atoms with Crippen LogP contribution in [0.2, 0.25) is 0 Å². The van der Waals surface area contributed by atoms with Gasteiger partial charge in [-0.05, 0) is 44.4 Å². The second-order valence-electron chi connectivity index (χ2n) is 5.36. The number of amides is 1. The molecule has 2 rings (SSSR count). The van der Waals surface area contributed by atoms with E-state index in [0.29, 0.717) is 23.9 Å². The predicted octanol–water partition coefficient (Wildman–Crippen LogP) is 2.47. The van der Waals surface area contributed by atoms with E-state index in [2.05, 4.69) is 5.16 Å². The van der Waals surface area contributed by atoms with Gasteiger partial charge in [-0.1, -0.05) is 17.3 Å². The van der Waals surface area contributed by atoms with Gasteiger partial charge in [-0.15, -0.1) is 0 Å². The molecule has 1 saturated carbocycles. The molecule has 0 unspecified atom stereocenters. The van der Waals surface area contributed by atoms with Gasteiger partial charge in [0.05, 0.1) is 5.71 Å². The number of hydrogen-bond donors (Lipinski definition) is 1. The van der Waals surface area contributed by atoms with Crippen molar-refractivity contribution in [1.29, 1.82) is 0 Å². The fourth-order valence-corrected chi connectivity index (χ4v) is 2.29. The summed E-state index contributed by atoms with van der Waals surface area (Å²) in [5, 5.41) is 11.8. The minimum absolute atomic E-state index is 0.0485. The zero-order valence-electron chi connectivity index (χ0n) is 12.6. The van der Waals surface area contributed by atoms with Crippen molar-refractivity contribution < 1.29 is 14.7 Å². The molecule has 0 atom stereocenters. The third-order valence-corrected chi connectivity index (χ3v) is 3.57. The van der Waals surface area contributed by atoms with Crippen LogP contribution in [0.25, 0.3) is 0 Å². The maximum Gasteiger partial charge on any atom is 0.260 e. The molecule has 1 aromatic carbocycles. The van der Waals surface area contributed by atoms with Crippen LogP contribution >= 0.6 is 0 Å². The third kappa shape index (κ3) is 4.48. The Kier molecular flexibility index (Phi) is 5.20. The van der Waals surface area contributed by atoms with Crippen LogP contribution < -0.4 is 4.74 Å². The first kappa shape index (κ1) is 15.4. The quantitative estimate of drug-likeness (QED) is 0.477. The van der Waals surface area contributed by atoms with Crippen LogP contribution in [-0.2, 0) is 11.2 Å². The fraction of sp³-hybridized carbons (Fsp3) is 0.500. The molecule has 5 nitrogen and oxygen atoms in total. The van der Waals surface area contributed by atoms with E-state index in [9.17, 15) is 4.79 Å². The van der Waals surface area contributed by atoms with Crippen molar-refractivity contribution in [3.8, 4) is 5.75 Å². The van der Waals surface area contributed by atoms with E-state index >= 15 is 0 Å². The summed E-state index contributed by atoms with van der Waals surface area (Å²) in [5.41, 5.74) is 1.69. The van der Waals surface area contributed by atoms with E-state index in [1.54, 1.807) is 6.92 Å². The normalized spacial score (nSPS) is 14.9. The lowest BCUT2D eigenvalue weighted by molar-refractivity contribution is -0.133. The molecule has 1 N–H and O–H groups in total. The molecular weight excluding hydrogens is 268 g/mol. The summed E-state index contributed by atoms with van der Waals surface area (Å²) in [6.45, 7) is 4.59. The summed E-state index contributed by atoms with van der Waals surface area (Å²) in [6.07, 6.45) is 2.82. The van der Waals surface area contributed by atoms with Crippen LogP contribution in [0.15, 0.2) is 29.4 Å². The maximum atomic E-state index is 12.0. The van der Waals surface area contributed by atoms with Crippen molar-refractivity contribution >= 4 is 11.6 Å². The van der Waals surface area contributed by atoms with Gasteiger partial charge in [0.15, 0.2) is 6.61 Å². The van der Waals surface area contributed by atoms with Crippen molar-refractivity contribution in [1.82, 2.24) is 4.90 Å². The first-order valence-corrected chi connectivity index (χ1v) is 7.32. The van der Waals surface area contributed by atoms with Crippen LogP contribution in [0.1, 0.15) is 32.3 Å². The highest BCUT2D eigenvalue weighted by atomic mass is 16.5. The van der Waals surface area contributed by atoms with Gasteiger partial charge < -0.3 is 14.8 Å². The molecule has 21 heavy (non-hydrogen) atoms. The fourth-order valence-electron chi connectivity index (χ4n) is 2.29. The zero-order chi connectivity index (χ0) is 15.2. The number of hydrogen-bond acceptors (Lipinski definition) is 4. The summed E-state index contributed by atoms with van der Waals surface area (Å²) in [6, 6.07) is 7.91. The van der Waals surface area contributed by atoms with Crippen LogP contribution in [0.3, 0.4) is 0 Å². The molecular formula is C16H22N2O3. The van der Waals surface area contributed by atoms with E-state index in [1.165, 1.54) is 0 Å². The molecule has 0 spiro atoms. The molecule has 1 aromatic rings. The number of oxime groups is 1. The number of likely N-dealkylation sites (N-methyl/N-ethyl adjacent to an activating group) is 1. The molecule has 1 aliphatic carbocycles. The van der Waals surface area contributed by atoms with Crippen molar-refractivity contribution in [2.75, 3.05) is 13.2 Å². The smallest absolute Gasteiger partial charge is 0.260 e. The highest BCUT2D eigenvalue weighted by Crippen LogP contribution is 2.26. The standard InChI is InChI=1S/C16H22N2O3/c1-3-18(14-6-7-14)16(19)11-21-15-8-4-13(5-9-15)10-12(2)17-20/h4-5,8-9,14,20H,3,6-7,10-11H2,1-2H3/b17-12+. The minimum atomic E-state index is 0.0485. The molecule has 114 valence electrons. The molecule has 0 aromatic heterocycles. The summed E-state index contributed by atoms with van der Waals surface area (Å²) in [5.74, 6) is 0.727. The number of carbonyl (C=O) groups excluding carboxylic acids is 1. The van der Waals surface area contributed by atoms with Gasteiger partial charge in [0, 0.05) is 19.0 Å². The Morgan fingerprint density at radius 2 is 2.05 bits per heavy atom. The van der Waals surface area contributed by atoms with Gasteiger partial charge in [-0.25, -0.2) is 0 Å². The lowest BCUT2D eigenvalue weighted by Crippen LogP contribution is -2.36. The molecule has 1 fully saturated rings. The van der Waals surface area contributed by atoms with Crippen LogP contribution in [0.4, 0.5) is 0 Å². The van der Waals surface area contributed by atoms with Crippen molar-refractivity contribution in [3.63, 3.8) is 0 Å². The number of benzene rings is 1. The largest absolute Gasteiger partial charge is 0.484 e. The molecule has 0 aliphatic heterocycles. The monoisotopic (exact) mass is 290 g/mol. The lowest BCUT2D eigenvalue weighted by Gasteiger charge is -2.20. The number of rotatable bonds is 7. The molecule has 1 aliphatic rings. The Morgan fingerprint density at radius 1 is 1.38 bits per heavy atom. The van der Waals surface area contributed by atoms with Gasteiger partial charge in [0.25, 0.3) is 5.91 Å². The molecule has 0 radical (unpaired) electrons. The van der Waals surface area contributed by atoms with Gasteiger partial charge >= 0.3 is 0 Å². The summed E-state index contributed by atoms with van der Waals surface area (Å²) in [4.78, 5) is 13.9. The topological polar surface area (TPSA) is 62.1 Å². The van der Waals surface area contributed by atoms with E-state index in [0.717, 1.165) is 24.9 Å². The summed E-state index contributed by atoms with van der Waals surface area (Å²) in [7, 11) is 0. The Balaban J connectivity index is 1.84. The maximum absolute atomic E-state index is 12.0. The van der Waals surface area contributed by atoms with Gasteiger partial charge in [0.1, 0.15) is 5.75 Å². The Hall–Kier alpha value is -2.04. The molecule has 0 heterocycles.